The Morgan fingerprint density at radius 3 is 2.55 bits per heavy atom. The van der Waals surface area contributed by atoms with Crippen molar-refractivity contribution in [3.05, 3.63) is 65.7 Å². The molecule has 3 atom stereocenters. The lowest BCUT2D eigenvalue weighted by molar-refractivity contribution is -0.139. The first kappa shape index (κ1) is 28.5. The van der Waals surface area contributed by atoms with Crippen LogP contribution in [-0.4, -0.2) is 50.5 Å². The van der Waals surface area contributed by atoms with Crippen molar-refractivity contribution in [2.45, 2.75) is 51.1 Å². The van der Waals surface area contributed by atoms with Gasteiger partial charge in [-0.05, 0) is 91.0 Å². The molecular formula is C37H35F2N5O3. The summed E-state index contributed by atoms with van der Waals surface area (Å²) in [6, 6.07) is 16.9. The fourth-order valence-corrected chi connectivity index (χ4v) is 8.32. The molecule has 3 aromatic carbocycles. The molecule has 2 bridgehead atoms. The fourth-order valence-electron chi connectivity index (χ4n) is 8.32. The summed E-state index contributed by atoms with van der Waals surface area (Å²) in [5, 5.41) is 3.29. The summed E-state index contributed by atoms with van der Waals surface area (Å²) in [5.41, 5.74) is 5.30. The number of anilines is 1. The largest absolute Gasteiger partial charge is 0.494 e. The molecule has 240 valence electrons. The Hall–Kier alpha value is -4.73. The number of imidazole rings is 1. The molecule has 0 radical (unpaired) electrons. The van der Waals surface area contributed by atoms with E-state index in [1.54, 1.807) is 19.2 Å². The molecule has 2 aliphatic heterocycles. The highest BCUT2D eigenvalue weighted by Crippen LogP contribution is 2.45. The number of hydrogen-bond donors (Lipinski definition) is 1. The number of carbonyl (C=O) groups is 2. The average Bonchev–Trinajstić information content (AvgIpc) is 3.33. The zero-order valence-electron chi connectivity index (χ0n) is 26.5. The molecule has 47 heavy (non-hydrogen) atoms. The SMILES string of the molecule is COc1cc(C(=O)N2CC3CCC2C3C)cc2nc(-c3cc4ccc(-c5ccc6c(c5)C(F)(F)C(=O)N6)cc4n3CC3CC3)n(C)c12. The number of amides is 2. The van der Waals surface area contributed by atoms with Gasteiger partial charge >= 0.3 is 5.92 Å². The van der Waals surface area contributed by atoms with Gasteiger partial charge in [-0.3, -0.25) is 9.59 Å². The van der Waals surface area contributed by atoms with Crippen molar-refractivity contribution in [2.75, 3.05) is 19.0 Å². The lowest BCUT2D eigenvalue weighted by Crippen LogP contribution is -2.38. The second kappa shape index (κ2) is 9.89. The molecule has 3 fully saturated rings. The van der Waals surface area contributed by atoms with E-state index in [0.717, 1.165) is 65.9 Å². The molecule has 2 aromatic heterocycles. The average molecular weight is 636 g/mol. The number of aryl methyl sites for hydroxylation is 1. The highest BCUT2D eigenvalue weighted by atomic mass is 19.3. The Labute approximate surface area is 270 Å². The van der Waals surface area contributed by atoms with Crippen LogP contribution in [0, 0.1) is 17.8 Å². The Kier molecular flexibility index (Phi) is 5.99. The Bertz CT molecular complexity index is 2160. The third-order valence-corrected chi connectivity index (χ3v) is 11.2. The normalized spacial score (nSPS) is 22.8. The third-order valence-electron chi connectivity index (χ3n) is 11.2. The van der Waals surface area contributed by atoms with E-state index in [-0.39, 0.29) is 17.2 Å². The highest BCUT2D eigenvalue weighted by molar-refractivity contribution is 6.04. The topological polar surface area (TPSA) is 81.4 Å². The summed E-state index contributed by atoms with van der Waals surface area (Å²) in [7, 11) is 3.60. The molecule has 3 unspecified atom stereocenters. The molecule has 4 heterocycles. The number of piperidine rings is 1. The van der Waals surface area contributed by atoms with Crippen molar-refractivity contribution in [2.24, 2.45) is 24.8 Å². The number of alkyl halides is 2. The molecule has 10 heteroatoms. The summed E-state index contributed by atoms with van der Waals surface area (Å²) < 4.78 is 39.4. The molecule has 9 rings (SSSR count). The van der Waals surface area contributed by atoms with Gasteiger partial charge in [-0.15, -0.1) is 0 Å². The lowest BCUT2D eigenvalue weighted by Gasteiger charge is -2.27. The van der Waals surface area contributed by atoms with Crippen LogP contribution in [0.2, 0.25) is 0 Å². The van der Waals surface area contributed by atoms with Crippen LogP contribution in [0.25, 0.3) is 44.6 Å². The van der Waals surface area contributed by atoms with Crippen LogP contribution in [0.5, 0.6) is 5.75 Å². The van der Waals surface area contributed by atoms with Gasteiger partial charge in [0.05, 0.1) is 29.6 Å². The molecule has 2 saturated carbocycles. The number of likely N-dealkylation sites (tertiary alicyclic amines) is 1. The van der Waals surface area contributed by atoms with Crippen molar-refractivity contribution in [3.8, 4) is 28.4 Å². The van der Waals surface area contributed by atoms with Crippen LogP contribution >= 0.6 is 0 Å². The van der Waals surface area contributed by atoms with E-state index in [4.69, 9.17) is 9.72 Å². The van der Waals surface area contributed by atoms with Gasteiger partial charge in [0.2, 0.25) is 0 Å². The zero-order valence-corrected chi connectivity index (χ0v) is 26.5. The zero-order chi connectivity index (χ0) is 32.4. The summed E-state index contributed by atoms with van der Waals surface area (Å²) in [6.45, 7) is 3.88. The molecular weight excluding hydrogens is 600 g/mol. The summed E-state index contributed by atoms with van der Waals surface area (Å²) in [5.74, 6) is -1.79. The maximum atomic E-state index is 14.6. The number of ether oxygens (including phenoxy) is 1. The van der Waals surface area contributed by atoms with Crippen molar-refractivity contribution in [3.63, 3.8) is 0 Å². The molecule has 1 saturated heterocycles. The van der Waals surface area contributed by atoms with Crippen molar-refractivity contribution in [1.82, 2.24) is 19.0 Å². The Balaban J connectivity index is 1.14. The van der Waals surface area contributed by atoms with Gasteiger partial charge in [0.25, 0.3) is 11.8 Å². The molecule has 8 nitrogen and oxygen atoms in total. The predicted octanol–water partition coefficient (Wildman–Crippen LogP) is 7.20. The number of carbonyl (C=O) groups excluding carboxylic acids is 2. The summed E-state index contributed by atoms with van der Waals surface area (Å²) >= 11 is 0. The van der Waals surface area contributed by atoms with Crippen molar-refractivity contribution >= 4 is 39.4 Å². The minimum Gasteiger partial charge on any atom is -0.494 e. The van der Waals surface area contributed by atoms with Gasteiger partial charge in [0.15, 0.2) is 5.82 Å². The monoisotopic (exact) mass is 635 g/mol. The first-order valence-electron chi connectivity index (χ1n) is 16.5. The van der Waals surface area contributed by atoms with E-state index in [2.05, 4.69) is 22.9 Å². The van der Waals surface area contributed by atoms with Crippen LogP contribution < -0.4 is 10.1 Å². The van der Waals surface area contributed by atoms with Crippen LogP contribution in [0.1, 0.15) is 48.5 Å². The van der Waals surface area contributed by atoms with Gasteiger partial charge in [-0.2, -0.15) is 8.78 Å². The molecule has 0 spiro atoms. The van der Waals surface area contributed by atoms with E-state index >= 15 is 0 Å². The van der Waals surface area contributed by atoms with Gasteiger partial charge in [-0.25, -0.2) is 4.98 Å². The van der Waals surface area contributed by atoms with Crippen LogP contribution in [0.4, 0.5) is 14.5 Å². The lowest BCUT2D eigenvalue weighted by atomic mass is 9.99. The Morgan fingerprint density at radius 1 is 1.04 bits per heavy atom. The third kappa shape index (κ3) is 4.19. The summed E-state index contributed by atoms with van der Waals surface area (Å²) in [6.07, 6.45) is 4.56. The number of rotatable bonds is 6. The van der Waals surface area contributed by atoms with Gasteiger partial charge in [0, 0.05) is 42.6 Å². The molecule has 4 aliphatic rings. The van der Waals surface area contributed by atoms with Crippen molar-refractivity contribution < 1.29 is 23.1 Å². The standard InChI is InChI=1S/C37H35F2N5O3/c1-19-24-9-11-29(19)44(18-24)35(45)25-13-28-33(32(16-25)47-3)42(2)34(40-28)31-15-23-7-6-22(14-30(23)43(31)17-20-4-5-20)21-8-10-27-26(12-21)37(38,39)36(46)41-27/h6-8,10,12-16,19-20,24,29H,4-5,9,11,17-18H2,1-3H3,(H,41,46). The van der Waals surface area contributed by atoms with E-state index in [1.165, 1.54) is 12.5 Å². The van der Waals surface area contributed by atoms with E-state index in [1.807, 2.05) is 46.8 Å². The minimum atomic E-state index is -3.56. The number of fused-ring (bicyclic) bond motifs is 5. The van der Waals surface area contributed by atoms with E-state index in [9.17, 15) is 18.4 Å². The van der Waals surface area contributed by atoms with Crippen molar-refractivity contribution in [1.29, 1.82) is 0 Å². The van der Waals surface area contributed by atoms with Crippen LogP contribution in [0.3, 0.4) is 0 Å². The predicted molar refractivity (Wildman–Crippen MR) is 176 cm³/mol. The van der Waals surface area contributed by atoms with Gasteiger partial charge in [0.1, 0.15) is 11.3 Å². The highest BCUT2D eigenvalue weighted by Gasteiger charge is 2.48. The smallest absolute Gasteiger partial charge is 0.352 e. The number of halogens is 2. The first-order chi connectivity index (χ1) is 22.6. The second-order valence-electron chi connectivity index (χ2n) is 13.9. The Morgan fingerprint density at radius 2 is 1.83 bits per heavy atom. The molecule has 1 N–H and O–H groups in total. The fraction of sp³-hybridized carbons (Fsp3) is 0.378. The van der Waals surface area contributed by atoms with Crippen LogP contribution in [0.15, 0.2) is 54.6 Å². The minimum absolute atomic E-state index is 0.0382. The number of methoxy groups -OCH3 is 1. The van der Waals surface area contributed by atoms with Gasteiger partial charge < -0.3 is 24.1 Å². The number of benzene rings is 3. The first-order valence-corrected chi connectivity index (χ1v) is 16.5. The van der Waals surface area contributed by atoms with E-state index < -0.39 is 11.8 Å². The number of nitrogens with one attached hydrogen (secondary N) is 1. The number of hydrogen-bond acceptors (Lipinski definition) is 4. The maximum Gasteiger partial charge on any atom is 0.352 e. The van der Waals surface area contributed by atoms with E-state index in [0.29, 0.717) is 46.2 Å². The molecule has 5 aromatic rings. The maximum absolute atomic E-state index is 14.6. The second-order valence-corrected chi connectivity index (χ2v) is 13.9. The number of nitrogens with zero attached hydrogens (tertiary/aromatic N) is 4. The molecule has 2 aliphatic carbocycles. The quantitative estimate of drug-likeness (QED) is 0.214. The summed E-state index contributed by atoms with van der Waals surface area (Å²) in [4.78, 5) is 32.8. The number of aromatic nitrogens is 3. The molecule has 2 amide bonds. The van der Waals surface area contributed by atoms with Gasteiger partial charge in [-0.1, -0.05) is 25.1 Å². The van der Waals surface area contributed by atoms with Crippen LogP contribution in [-0.2, 0) is 24.3 Å².